The van der Waals surface area contributed by atoms with E-state index in [0.717, 1.165) is 12.1 Å². The highest BCUT2D eigenvalue weighted by molar-refractivity contribution is 6.45. The summed E-state index contributed by atoms with van der Waals surface area (Å²) in [5.74, 6) is -1.65. The second-order valence-electron chi connectivity index (χ2n) is 3.59. The number of benzene rings is 1. The van der Waals surface area contributed by atoms with Crippen LogP contribution < -0.4 is 15.9 Å². The van der Waals surface area contributed by atoms with Crippen LogP contribution in [0.1, 0.15) is 0 Å². The molecule has 1 aromatic rings. The number of nitrogens with zero attached hydrogens (tertiary/aromatic N) is 3. The fourth-order valence-electron chi connectivity index (χ4n) is 1.21. The van der Waals surface area contributed by atoms with Gasteiger partial charge in [0.05, 0.1) is 10.6 Å². The zero-order valence-electron chi connectivity index (χ0n) is 10.5. The Bertz CT molecular complexity index is 679. The lowest BCUT2D eigenvalue weighted by Crippen LogP contribution is -2.21. The number of halogens is 3. The molecular formula is C10H7F3N6O3. The van der Waals surface area contributed by atoms with E-state index in [1.165, 1.54) is 6.07 Å². The molecule has 0 unspecified atom stereocenters. The molecule has 1 aromatic carbocycles. The Morgan fingerprint density at radius 2 is 2.18 bits per heavy atom. The van der Waals surface area contributed by atoms with Gasteiger partial charge in [0.25, 0.3) is 0 Å². The van der Waals surface area contributed by atoms with E-state index < -0.39 is 34.3 Å². The van der Waals surface area contributed by atoms with E-state index in [0.29, 0.717) is 6.07 Å². The normalized spacial score (nSPS) is 11.5. The molecule has 0 aromatic heterocycles. The molecule has 0 radical (unpaired) electrons. The number of nitriles is 1. The summed E-state index contributed by atoms with van der Waals surface area (Å²) in [5, 5.41) is 29.7. The minimum absolute atomic E-state index is 0.102. The molecule has 0 heterocycles. The third kappa shape index (κ3) is 4.63. The molecule has 9 nitrogen and oxygen atoms in total. The Morgan fingerprint density at radius 1 is 1.55 bits per heavy atom. The van der Waals surface area contributed by atoms with E-state index in [9.17, 15) is 23.3 Å². The average Bonchev–Trinajstić information content (AvgIpc) is 2.38. The number of nitro benzene ring substituents is 1. The van der Waals surface area contributed by atoms with Crippen LogP contribution in [0.15, 0.2) is 23.3 Å². The van der Waals surface area contributed by atoms with Crippen LogP contribution in [0.4, 0.5) is 24.5 Å². The Balaban J connectivity index is 3.11. The largest absolute Gasteiger partial charge is 0.573 e. The van der Waals surface area contributed by atoms with Crippen LogP contribution in [0.5, 0.6) is 5.75 Å². The van der Waals surface area contributed by atoms with Crippen molar-refractivity contribution in [3.8, 4) is 11.8 Å². The molecule has 0 spiro atoms. The second kappa shape index (κ2) is 6.39. The number of nitrogens with two attached hydrogens (primary N) is 1. The van der Waals surface area contributed by atoms with E-state index >= 15 is 0 Å². The van der Waals surface area contributed by atoms with Crippen molar-refractivity contribution in [2.24, 2.45) is 10.8 Å². The first kappa shape index (κ1) is 16.7. The van der Waals surface area contributed by atoms with E-state index in [2.05, 4.69) is 15.3 Å². The highest BCUT2D eigenvalue weighted by Crippen LogP contribution is 2.34. The zero-order valence-corrected chi connectivity index (χ0v) is 10.5. The van der Waals surface area contributed by atoms with Gasteiger partial charge < -0.3 is 10.5 Å². The van der Waals surface area contributed by atoms with Gasteiger partial charge in [-0.15, -0.1) is 13.2 Å². The molecule has 22 heavy (non-hydrogen) atoms. The van der Waals surface area contributed by atoms with E-state index in [4.69, 9.17) is 16.4 Å². The van der Waals surface area contributed by atoms with Crippen LogP contribution in [-0.2, 0) is 0 Å². The Hall–Kier alpha value is -3.36. The molecule has 12 heteroatoms. The summed E-state index contributed by atoms with van der Waals surface area (Å²) in [7, 11) is 0. The summed E-state index contributed by atoms with van der Waals surface area (Å²) in [5.41, 5.74) is 5.62. The topological polar surface area (TPSA) is 150 Å². The van der Waals surface area contributed by atoms with Crippen LogP contribution in [0.25, 0.3) is 0 Å². The van der Waals surface area contributed by atoms with Crippen molar-refractivity contribution >= 4 is 22.9 Å². The van der Waals surface area contributed by atoms with Gasteiger partial charge in [-0.05, 0) is 12.1 Å². The first-order valence-electron chi connectivity index (χ1n) is 5.26. The molecule has 0 amide bonds. The summed E-state index contributed by atoms with van der Waals surface area (Å²) < 4.78 is 39.9. The Labute approximate surface area is 120 Å². The molecule has 0 aliphatic carbocycles. The molecular weight excluding hydrogens is 309 g/mol. The van der Waals surface area contributed by atoms with Crippen molar-refractivity contribution < 1.29 is 22.8 Å². The number of alkyl halides is 3. The smallest absolute Gasteiger partial charge is 0.398 e. The molecule has 0 bridgehead atoms. The molecule has 0 saturated carbocycles. The molecule has 0 atom stereocenters. The third-order valence-electron chi connectivity index (χ3n) is 2.04. The van der Waals surface area contributed by atoms with Crippen LogP contribution >= 0.6 is 0 Å². The standard InChI is InChI=1S/C10H7F3N6O3/c11-10(12,13)22-8-2-1-5(3-7(8)19(20)21)17-18-6(4-14)9(15)16/h1-3,17H,(H3,15,16)/b18-6+. The van der Waals surface area contributed by atoms with Gasteiger partial charge in [0.2, 0.25) is 11.5 Å². The Kier molecular flexibility index (Phi) is 4.85. The van der Waals surface area contributed by atoms with Gasteiger partial charge in [0.15, 0.2) is 5.84 Å². The van der Waals surface area contributed by atoms with E-state index in [-0.39, 0.29) is 5.69 Å². The van der Waals surface area contributed by atoms with Gasteiger partial charge in [0.1, 0.15) is 6.07 Å². The average molecular weight is 316 g/mol. The summed E-state index contributed by atoms with van der Waals surface area (Å²) in [6, 6.07) is 3.92. The van der Waals surface area contributed by atoms with Gasteiger partial charge in [-0.25, -0.2) is 0 Å². The SMILES string of the molecule is N#C/C(=N\Nc1ccc(OC(F)(F)F)c([N+](=O)[O-])c1)C(=N)N. The van der Waals surface area contributed by atoms with Gasteiger partial charge in [0, 0.05) is 6.07 Å². The minimum atomic E-state index is -5.08. The maximum atomic E-state index is 12.1. The molecule has 4 N–H and O–H groups in total. The van der Waals surface area contributed by atoms with Crippen molar-refractivity contribution in [2.75, 3.05) is 5.43 Å². The molecule has 116 valence electrons. The monoisotopic (exact) mass is 316 g/mol. The second-order valence-corrected chi connectivity index (χ2v) is 3.59. The van der Waals surface area contributed by atoms with Crippen molar-refractivity contribution in [1.82, 2.24) is 0 Å². The highest BCUT2D eigenvalue weighted by Gasteiger charge is 2.34. The van der Waals surface area contributed by atoms with Crippen LogP contribution in [0.2, 0.25) is 0 Å². The highest BCUT2D eigenvalue weighted by atomic mass is 19.4. The van der Waals surface area contributed by atoms with Crippen molar-refractivity contribution in [2.45, 2.75) is 6.36 Å². The maximum Gasteiger partial charge on any atom is 0.573 e. The first-order valence-corrected chi connectivity index (χ1v) is 5.26. The predicted octanol–water partition coefficient (Wildman–Crippen LogP) is 1.72. The predicted molar refractivity (Wildman–Crippen MR) is 68.4 cm³/mol. The number of amidine groups is 1. The van der Waals surface area contributed by atoms with Gasteiger partial charge in [-0.3, -0.25) is 20.9 Å². The van der Waals surface area contributed by atoms with Crippen LogP contribution in [0, 0.1) is 26.9 Å². The number of nitrogens with one attached hydrogen (secondary N) is 2. The number of hydrazone groups is 1. The number of rotatable bonds is 5. The van der Waals surface area contributed by atoms with Gasteiger partial charge >= 0.3 is 12.0 Å². The van der Waals surface area contributed by atoms with Crippen molar-refractivity contribution in [1.29, 1.82) is 10.7 Å². The lowest BCUT2D eigenvalue weighted by atomic mass is 10.2. The lowest BCUT2D eigenvalue weighted by Gasteiger charge is -2.10. The summed E-state index contributed by atoms with van der Waals surface area (Å²) in [4.78, 5) is 9.67. The number of hydrogen-bond donors (Lipinski definition) is 3. The molecule has 0 aliphatic rings. The molecule has 0 aliphatic heterocycles. The lowest BCUT2D eigenvalue weighted by molar-refractivity contribution is -0.388. The number of anilines is 1. The number of hydrogen-bond acceptors (Lipinski definition) is 7. The summed E-state index contributed by atoms with van der Waals surface area (Å²) in [6.07, 6.45) is -5.08. The molecule has 1 rings (SSSR count). The van der Waals surface area contributed by atoms with Crippen LogP contribution in [-0.4, -0.2) is 22.8 Å². The zero-order chi connectivity index (χ0) is 16.9. The fraction of sp³-hybridized carbons (Fsp3) is 0.100. The van der Waals surface area contributed by atoms with E-state index in [1.54, 1.807) is 0 Å². The van der Waals surface area contributed by atoms with Crippen molar-refractivity contribution in [3.63, 3.8) is 0 Å². The summed E-state index contributed by atoms with van der Waals surface area (Å²) >= 11 is 0. The van der Waals surface area contributed by atoms with Crippen molar-refractivity contribution in [3.05, 3.63) is 28.3 Å². The van der Waals surface area contributed by atoms with E-state index in [1.807, 2.05) is 0 Å². The Morgan fingerprint density at radius 3 is 2.64 bits per heavy atom. The quantitative estimate of drug-likeness (QED) is 0.325. The number of nitro groups is 1. The third-order valence-corrected chi connectivity index (χ3v) is 2.04. The van der Waals surface area contributed by atoms with Gasteiger partial charge in [-0.1, -0.05) is 0 Å². The summed E-state index contributed by atoms with van der Waals surface area (Å²) in [6.45, 7) is 0. The number of ether oxygens (including phenoxy) is 1. The molecule has 0 saturated heterocycles. The maximum absolute atomic E-state index is 12.1. The first-order chi connectivity index (χ1) is 10.1. The fourth-order valence-corrected chi connectivity index (χ4v) is 1.21. The van der Waals surface area contributed by atoms with Gasteiger partial charge in [-0.2, -0.15) is 10.4 Å². The van der Waals surface area contributed by atoms with Crippen LogP contribution in [0.3, 0.4) is 0 Å². The molecule has 0 fully saturated rings. The minimum Gasteiger partial charge on any atom is -0.398 e.